The second-order valence-corrected chi connectivity index (χ2v) is 10.3. The molecule has 0 unspecified atom stereocenters. The van der Waals surface area contributed by atoms with Crippen molar-refractivity contribution < 1.29 is 18.0 Å². The first-order valence-corrected chi connectivity index (χ1v) is 13.1. The largest absolute Gasteiger partial charge is 0.355 e. The zero-order valence-electron chi connectivity index (χ0n) is 19.5. The molecular formula is C24H32ClN3O4S. The summed E-state index contributed by atoms with van der Waals surface area (Å²) in [5, 5.41) is 3.34. The number of sulfonamides is 1. The van der Waals surface area contributed by atoms with Crippen molar-refractivity contribution in [1.82, 2.24) is 10.2 Å². The highest BCUT2D eigenvalue weighted by atomic mass is 35.5. The van der Waals surface area contributed by atoms with Crippen molar-refractivity contribution in [2.75, 3.05) is 23.7 Å². The Morgan fingerprint density at radius 3 is 2.30 bits per heavy atom. The summed E-state index contributed by atoms with van der Waals surface area (Å²) in [4.78, 5) is 27.1. The Labute approximate surface area is 201 Å². The molecule has 1 atom stereocenters. The van der Waals surface area contributed by atoms with E-state index in [1.54, 1.807) is 31.2 Å². The maximum absolute atomic E-state index is 13.2. The average Bonchev–Trinajstić information content (AvgIpc) is 2.76. The molecule has 0 radical (unpaired) electrons. The standard InChI is InChI=1S/C24H32ClN3O4S/c1-5-26-24(30)19(3)27(17-20-12-14-21(25)15-13-20)23(29)11-8-16-28(33(4,31)32)22-10-7-6-9-18(22)2/h6-7,9-10,12-15,19H,5,8,11,16-17H2,1-4H3,(H,26,30)/t19-/m0/s1. The van der Waals surface area contributed by atoms with E-state index in [9.17, 15) is 18.0 Å². The van der Waals surface area contributed by atoms with Gasteiger partial charge in [0.25, 0.3) is 0 Å². The van der Waals surface area contributed by atoms with Crippen molar-refractivity contribution >= 4 is 39.1 Å². The maximum atomic E-state index is 13.2. The van der Waals surface area contributed by atoms with Gasteiger partial charge in [-0.3, -0.25) is 13.9 Å². The van der Waals surface area contributed by atoms with E-state index in [0.717, 1.165) is 17.4 Å². The lowest BCUT2D eigenvalue weighted by Crippen LogP contribution is -2.47. The molecule has 2 aromatic rings. The average molecular weight is 494 g/mol. The number of carbonyl (C=O) groups is 2. The second-order valence-electron chi connectivity index (χ2n) is 7.94. The fourth-order valence-corrected chi connectivity index (χ4v) is 4.67. The molecule has 0 fully saturated rings. The number of hydrogen-bond donors (Lipinski definition) is 1. The van der Waals surface area contributed by atoms with Gasteiger partial charge in [-0.25, -0.2) is 8.42 Å². The van der Waals surface area contributed by atoms with E-state index < -0.39 is 16.1 Å². The first kappa shape index (κ1) is 26.7. The maximum Gasteiger partial charge on any atom is 0.242 e. The molecule has 0 saturated heterocycles. The van der Waals surface area contributed by atoms with E-state index in [-0.39, 0.29) is 31.3 Å². The number of benzene rings is 2. The van der Waals surface area contributed by atoms with Crippen LogP contribution < -0.4 is 9.62 Å². The first-order chi connectivity index (χ1) is 15.5. The van der Waals surface area contributed by atoms with Crippen LogP contribution in [0.4, 0.5) is 5.69 Å². The number of carbonyl (C=O) groups excluding carboxylic acids is 2. The predicted octanol–water partition coefficient (Wildman–Crippen LogP) is 3.75. The molecule has 2 aromatic carbocycles. The zero-order valence-corrected chi connectivity index (χ0v) is 21.1. The van der Waals surface area contributed by atoms with Crippen LogP contribution in [0.5, 0.6) is 0 Å². The molecule has 0 saturated carbocycles. The van der Waals surface area contributed by atoms with Crippen LogP contribution in [0.15, 0.2) is 48.5 Å². The summed E-state index contributed by atoms with van der Waals surface area (Å²) >= 11 is 5.96. The number of hydrogen-bond acceptors (Lipinski definition) is 4. The number of anilines is 1. The third-order valence-corrected chi connectivity index (χ3v) is 6.75. The Morgan fingerprint density at radius 2 is 1.73 bits per heavy atom. The van der Waals surface area contributed by atoms with Crippen molar-refractivity contribution in [3.8, 4) is 0 Å². The van der Waals surface area contributed by atoms with Gasteiger partial charge in [-0.05, 0) is 56.5 Å². The highest BCUT2D eigenvalue weighted by molar-refractivity contribution is 7.92. The molecule has 1 N–H and O–H groups in total. The lowest BCUT2D eigenvalue weighted by molar-refractivity contribution is -0.140. The van der Waals surface area contributed by atoms with E-state index in [0.29, 0.717) is 23.7 Å². The highest BCUT2D eigenvalue weighted by Crippen LogP contribution is 2.23. The Hall–Kier alpha value is -2.58. The van der Waals surface area contributed by atoms with Crippen molar-refractivity contribution in [2.24, 2.45) is 0 Å². The molecule has 9 heteroatoms. The smallest absolute Gasteiger partial charge is 0.242 e. The first-order valence-electron chi connectivity index (χ1n) is 10.9. The summed E-state index contributed by atoms with van der Waals surface area (Å²) in [5.74, 6) is -0.459. The van der Waals surface area contributed by atoms with Crippen molar-refractivity contribution in [3.05, 3.63) is 64.7 Å². The lowest BCUT2D eigenvalue weighted by atomic mass is 10.1. The minimum absolute atomic E-state index is 0.106. The molecule has 2 amide bonds. The van der Waals surface area contributed by atoms with E-state index in [1.807, 2.05) is 38.1 Å². The van der Waals surface area contributed by atoms with Crippen LogP contribution in [0, 0.1) is 6.92 Å². The normalized spacial score (nSPS) is 12.2. The number of rotatable bonds is 11. The molecule has 0 aromatic heterocycles. The van der Waals surface area contributed by atoms with Gasteiger partial charge in [0.2, 0.25) is 21.8 Å². The minimum atomic E-state index is -3.52. The van der Waals surface area contributed by atoms with Crippen LogP contribution in [0.2, 0.25) is 5.02 Å². The third-order valence-electron chi connectivity index (χ3n) is 5.32. The number of nitrogens with zero attached hydrogens (tertiary/aromatic N) is 2. The molecule has 7 nitrogen and oxygen atoms in total. The molecule has 0 aliphatic rings. The van der Waals surface area contributed by atoms with Crippen molar-refractivity contribution in [2.45, 2.75) is 46.2 Å². The van der Waals surface area contributed by atoms with Crippen LogP contribution in [0.25, 0.3) is 0 Å². The number of likely N-dealkylation sites (N-methyl/N-ethyl adjacent to an activating group) is 1. The molecule has 180 valence electrons. The Morgan fingerprint density at radius 1 is 1.09 bits per heavy atom. The van der Waals surface area contributed by atoms with Gasteiger partial charge in [-0.1, -0.05) is 41.9 Å². The van der Waals surface area contributed by atoms with Crippen LogP contribution in [-0.4, -0.2) is 50.5 Å². The van der Waals surface area contributed by atoms with Gasteiger partial charge < -0.3 is 10.2 Å². The van der Waals surface area contributed by atoms with Crippen molar-refractivity contribution in [1.29, 1.82) is 0 Å². The Kier molecular flexibility index (Phi) is 9.73. The van der Waals surface area contributed by atoms with Crippen LogP contribution in [0.3, 0.4) is 0 Å². The summed E-state index contributed by atoms with van der Waals surface area (Å²) < 4.78 is 26.1. The summed E-state index contributed by atoms with van der Waals surface area (Å²) in [6, 6.07) is 13.7. The zero-order chi connectivity index (χ0) is 24.6. The number of para-hydroxylation sites is 1. The van der Waals surface area contributed by atoms with Gasteiger partial charge in [0.05, 0.1) is 11.9 Å². The predicted molar refractivity (Wildman–Crippen MR) is 133 cm³/mol. The van der Waals surface area contributed by atoms with Crippen LogP contribution >= 0.6 is 11.6 Å². The summed E-state index contributed by atoms with van der Waals surface area (Å²) in [6.45, 7) is 6.24. The number of aryl methyl sites for hydroxylation is 1. The topological polar surface area (TPSA) is 86.8 Å². The fraction of sp³-hybridized carbons (Fsp3) is 0.417. The SMILES string of the molecule is CCNC(=O)[C@H](C)N(Cc1ccc(Cl)cc1)C(=O)CCCN(c1ccccc1C)S(C)(=O)=O. The van der Waals surface area contributed by atoms with Crippen LogP contribution in [0.1, 0.15) is 37.8 Å². The van der Waals surface area contributed by atoms with Gasteiger partial charge >= 0.3 is 0 Å². The van der Waals surface area contributed by atoms with E-state index in [1.165, 1.54) is 9.21 Å². The fourth-order valence-electron chi connectivity index (χ4n) is 3.52. The lowest BCUT2D eigenvalue weighted by Gasteiger charge is -2.29. The molecular weight excluding hydrogens is 462 g/mol. The quantitative estimate of drug-likeness (QED) is 0.516. The highest BCUT2D eigenvalue weighted by Gasteiger charge is 2.26. The molecule has 0 aliphatic heterocycles. The van der Waals surface area contributed by atoms with Gasteiger partial charge in [-0.15, -0.1) is 0 Å². The third kappa shape index (κ3) is 7.75. The van der Waals surface area contributed by atoms with Crippen molar-refractivity contribution in [3.63, 3.8) is 0 Å². The number of nitrogens with one attached hydrogen (secondary N) is 1. The summed E-state index contributed by atoms with van der Waals surface area (Å²) in [7, 11) is -3.52. The van der Waals surface area contributed by atoms with Gasteiger partial charge in [0, 0.05) is 31.1 Å². The summed E-state index contributed by atoms with van der Waals surface area (Å²) in [5.41, 5.74) is 2.28. The van der Waals surface area contributed by atoms with E-state index in [2.05, 4.69) is 5.32 Å². The van der Waals surface area contributed by atoms with Gasteiger partial charge in [0.15, 0.2) is 0 Å². The molecule has 0 bridgehead atoms. The van der Waals surface area contributed by atoms with Gasteiger partial charge in [0.1, 0.15) is 6.04 Å². The van der Waals surface area contributed by atoms with Crippen LogP contribution in [-0.2, 0) is 26.2 Å². The Bertz CT molecular complexity index is 1060. The molecule has 0 aliphatic carbocycles. The monoisotopic (exact) mass is 493 g/mol. The van der Waals surface area contributed by atoms with E-state index in [4.69, 9.17) is 11.6 Å². The molecule has 0 heterocycles. The Balaban J connectivity index is 2.15. The van der Waals surface area contributed by atoms with E-state index >= 15 is 0 Å². The molecule has 33 heavy (non-hydrogen) atoms. The van der Waals surface area contributed by atoms with Gasteiger partial charge in [-0.2, -0.15) is 0 Å². The second kappa shape index (κ2) is 12.0. The number of halogens is 1. The molecule has 2 rings (SSSR count). The molecule has 0 spiro atoms. The number of amides is 2. The minimum Gasteiger partial charge on any atom is -0.355 e. The summed E-state index contributed by atoms with van der Waals surface area (Å²) in [6.07, 6.45) is 1.58.